The smallest absolute Gasteiger partial charge is 0.216 e. The van der Waals surface area contributed by atoms with Crippen LogP contribution in [0.1, 0.15) is 36.3 Å². The lowest BCUT2D eigenvalue weighted by atomic mass is 10.0. The molecule has 0 radical (unpaired) electrons. The van der Waals surface area contributed by atoms with Gasteiger partial charge >= 0.3 is 0 Å². The molecule has 1 atom stereocenters. The standard InChI is InChI=1S/C15H20N4O/c1-4-7-16-15(12-6-5-11(2)17-9-12)13-8-14(20-3)19-10-18-13/h5-6,8-10,15-16H,4,7H2,1-3H3. The van der Waals surface area contributed by atoms with Crippen LogP contribution in [-0.4, -0.2) is 28.6 Å². The van der Waals surface area contributed by atoms with Crippen LogP contribution in [-0.2, 0) is 0 Å². The van der Waals surface area contributed by atoms with Gasteiger partial charge in [0.05, 0.1) is 18.8 Å². The normalized spacial score (nSPS) is 12.2. The average molecular weight is 272 g/mol. The number of rotatable bonds is 6. The quantitative estimate of drug-likeness (QED) is 0.874. The average Bonchev–Trinajstić information content (AvgIpc) is 2.49. The molecule has 0 aliphatic carbocycles. The Bertz CT molecular complexity index is 542. The largest absolute Gasteiger partial charge is 0.481 e. The van der Waals surface area contributed by atoms with Crippen LogP contribution >= 0.6 is 0 Å². The molecule has 1 N–H and O–H groups in total. The van der Waals surface area contributed by atoms with Crippen LogP contribution in [0, 0.1) is 6.92 Å². The van der Waals surface area contributed by atoms with Gasteiger partial charge in [-0.2, -0.15) is 0 Å². The van der Waals surface area contributed by atoms with Crippen molar-refractivity contribution < 1.29 is 4.74 Å². The number of pyridine rings is 1. The number of aromatic nitrogens is 3. The highest BCUT2D eigenvalue weighted by Crippen LogP contribution is 2.21. The van der Waals surface area contributed by atoms with Gasteiger partial charge in [0.2, 0.25) is 5.88 Å². The van der Waals surface area contributed by atoms with Crippen molar-refractivity contribution in [3.63, 3.8) is 0 Å². The molecule has 0 aliphatic rings. The summed E-state index contributed by atoms with van der Waals surface area (Å²) in [5.41, 5.74) is 2.98. The molecule has 0 amide bonds. The lowest BCUT2D eigenvalue weighted by Crippen LogP contribution is -2.24. The van der Waals surface area contributed by atoms with Crippen molar-refractivity contribution in [2.24, 2.45) is 0 Å². The minimum atomic E-state index is -0.0000463. The molecule has 2 aromatic heterocycles. The first-order chi connectivity index (χ1) is 9.74. The molecule has 5 heteroatoms. The van der Waals surface area contributed by atoms with Crippen molar-refractivity contribution in [3.05, 3.63) is 47.7 Å². The van der Waals surface area contributed by atoms with E-state index in [1.54, 1.807) is 7.11 Å². The number of hydrogen-bond acceptors (Lipinski definition) is 5. The van der Waals surface area contributed by atoms with Gasteiger partial charge in [0, 0.05) is 18.0 Å². The Hall–Kier alpha value is -2.01. The van der Waals surface area contributed by atoms with Gasteiger partial charge in [-0.1, -0.05) is 13.0 Å². The summed E-state index contributed by atoms with van der Waals surface area (Å²) in [4.78, 5) is 12.8. The van der Waals surface area contributed by atoms with E-state index >= 15 is 0 Å². The predicted molar refractivity (Wildman–Crippen MR) is 77.7 cm³/mol. The number of nitrogens with one attached hydrogen (secondary N) is 1. The first kappa shape index (κ1) is 14.4. The molecule has 0 saturated carbocycles. The molecule has 2 heterocycles. The molecule has 2 aromatic rings. The number of methoxy groups -OCH3 is 1. The monoisotopic (exact) mass is 272 g/mol. The molecule has 0 fully saturated rings. The van der Waals surface area contributed by atoms with Gasteiger partial charge in [0.25, 0.3) is 0 Å². The van der Waals surface area contributed by atoms with Crippen molar-refractivity contribution in [1.29, 1.82) is 0 Å². The highest BCUT2D eigenvalue weighted by molar-refractivity contribution is 5.28. The van der Waals surface area contributed by atoms with Crippen LogP contribution < -0.4 is 10.1 Å². The highest BCUT2D eigenvalue weighted by Gasteiger charge is 2.16. The van der Waals surface area contributed by atoms with Crippen LogP contribution in [0.15, 0.2) is 30.7 Å². The molecule has 5 nitrogen and oxygen atoms in total. The summed E-state index contributed by atoms with van der Waals surface area (Å²) in [5.74, 6) is 0.568. The lowest BCUT2D eigenvalue weighted by Gasteiger charge is -2.18. The minimum Gasteiger partial charge on any atom is -0.481 e. The Kier molecular flexibility index (Phi) is 5.01. The summed E-state index contributed by atoms with van der Waals surface area (Å²) >= 11 is 0. The van der Waals surface area contributed by atoms with E-state index in [0.717, 1.165) is 29.9 Å². The van der Waals surface area contributed by atoms with E-state index < -0.39 is 0 Å². The van der Waals surface area contributed by atoms with Crippen LogP contribution in [0.2, 0.25) is 0 Å². The second-order valence-electron chi connectivity index (χ2n) is 4.61. The number of nitrogens with zero attached hydrogens (tertiary/aromatic N) is 3. The molecule has 106 valence electrons. The first-order valence-electron chi connectivity index (χ1n) is 6.76. The fourth-order valence-corrected chi connectivity index (χ4v) is 1.95. The van der Waals surface area contributed by atoms with E-state index in [0.29, 0.717) is 5.88 Å². The third-order valence-electron chi connectivity index (χ3n) is 3.03. The summed E-state index contributed by atoms with van der Waals surface area (Å²) < 4.78 is 5.17. The van der Waals surface area contributed by atoms with Crippen molar-refractivity contribution in [1.82, 2.24) is 20.3 Å². The topological polar surface area (TPSA) is 59.9 Å². The van der Waals surface area contributed by atoms with E-state index in [1.807, 2.05) is 25.3 Å². The van der Waals surface area contributed by atoms with E-state index in [4.69, 9.17) is 4.74 Å². The zero-order valence-electron chi connectivity index (χ0n) is 12.1. The predicted octanol–water partition coefficient (Wildman–Crippen LogP) is 2.28. The molecule has 0 aliphatic heterocycles. The van der Waals surface area contributed by atoms with Crippen molar-refractivity contribution in [3.8, 4) is 5.88 Å². The van der Waals surface area contributed by atoms with Gasteiger partial charge in [-0.15, -0.1) is 0 Å². The second kappa shape index (κ2) is 6.96. The molecular formula is C15H20N4O. The Morgan fingerprint density at radius 2 is 2.10 bits per heavy atom. The van der Waals surface area contributed by atoms with Crippen LogP contribution in [0.5, 0.6) is 5.88 Å². The Balaban J connectivity index is 2.32. The SMILES string of the molecule is CCCNC(c1ccc(C)nc1)c1cc(OC)ncn1. The van der Waals surface area contributed by atoms with Crippen LogP contribution in [0.25, 0.3) is 0 Å². The van der Waals surface area contributed by atoms with E-state index in [-0.39, 0.29) is 6.04 Å². The highest BCUT2D eigenvalue weighted by atomic mass is 16.5. The molecule has 2 rings (SSSR count). The molecule has 0 aromatic carbocycles. The maximum Gasteiger partial charge on any atom is 0.216 e. The summed E-state index contributed by atoms with van der Waals surface area (Å²) in [6.07, 6.45) is 4.46. The molecule has 0 bridgehead atoms. The fourth-order valence-electron chi connectivity index (χ4n) is 1.95. The minimum absolute atomic E-state index is 0.0000463. The van der Waals surface area contributed by atoms with Crippen LogP contribution in [0.4, 0.5) is 0 Å². The number of aryl methyl sites for hydroxylation is 1. The van der Waals surface area contributed by atoms with Gasteiger partial charge in [-0.3, -0.25) is 4.98 Å². The van der Waals surface area contributed by atoms with Gasteiger partial charge in [-0.05, 0) is 31.5 Å². The fraction of sp³-hybridized carbons (Fsp3) is 0.400. The van der Waals surface area contributed by atoms with Gasteiger partial charge < -0.3 is 10.1 Å². The summed E-state index contributed by atoms with van der Waals surface area (Å²) in [7, 11) is 1.61. The maximum atomic E-state index is 5.17. The third-order valence-corrected chi connectivity index (χ3v) is 3.03. The molecule has 1 unspecified atom stereocenters. The molecular weight excluding hydrogens is 252 g/mol. The third kappa shape index (κ3) is 3.51. The summed E-state index contributed by atoms with van der Waals surface area (Å²) in [5, 5.41) is 3.49. The lowest BCUT2D eigenvalue weighted by molar-refractivity contribution is 0.394. The Labute approximate surface area is 119 Å². The van der Waals surface area contributed by atoms with Gasteiger partial charge in [0.1, 0.15) is 6.33 Å². The van der Waals surface area contributed by atoms with E-state index in [9.17, 15) is 0 Å². The van der Waals surface area contributed by atoms with Gasteiger partial charge in [0.15, 0.2) is 0 Å². The van der Waals surface area contributed by atoms with Crippen molar-refractivity contribution in [2.45, 2.75) is 26.3 Å². The molecule has 20 heavy (non-hydrogen) atoms. The molecule has 0 saturated heterocycles. The zero-order valence-corrected chi connectivity index (χ0v) is 12.1. The Morgan fingerprint density at radius 1 is 1.25 bits per heavy atom. The first-order valence-corrected chi connectivity index (χ1v) is 6.76. The second-order valence-corrected chi connectivity index (χ2v) is 4.61. The molecule has 0 spiro atoms. The van der Waals surface area contributed by atoms with E-state index in [2.05, 4.69) is 33.3 Å². The summed E-state index contributed by atoms with van der Waals surface area (Å²) in [6.45, 7) is 5.02. The maximum absolute atomic E-state index is 5.17. The van der Waals surface area contributed by atoms with Crippen LogP contribution in [0.3, 0.4) is 0 Å². The number of hydrogen-bond donors (Lipinski definition) is 1. The Morgan fingerprint density at radius 3 is 2.75 bits per heavy atom. The zero-order chi connectivity index (χ0) is 14.4. The number of ether oxygens (including phenoxy) is 1. The van der Waals surface area contributed by atoms with E-state index in [1.165, 1.54) is 6.33 Å². The van der Waals surface area contributed by atoms with Crippen molar-refractivity contribution in [2.75, 3.05) is 13.7 Å². The van der Waals surface area contributed by atoms with Gasteiger partial charge in [-0.25, -0.2) is 9.97 Å². The summed E-state index contributed by atoms with van der Waals surface area (Å²) in [6, 6.07) is 5.94. The van der Waals surface area contributed by atoms with Crippen molar-refractivity contribution >= 4 is 0 Å².